The van der Waals surface area contributed by atoms with E-state index in [2.05, 4.69) is 0 Å². The first-order valence-corrected chi connectivity index (χ1v) is 7.54. The second kappa shape index (κ2) is 7.77. The number of rotatable bonds is 4. The predicted octanol–water partition coefficient (Wildman–Crippen LogP) is 2.06. The zero-order valence-electron chi connectivity index (χ0n) is 12.8. The summed E-state index contributed by atoms with van der Waals surface area (Å²) in [6.45, 7) is 4.05. The van der Waals surface area contributed by atoms with Crippen LogP contribution in [0.5, 0.6) is 0 Å². The first-order chi connectivity index (χ1) is 10.6. The fourth-order valence-corrected chi connectivity index (χ4v) is 2.45. The molecule has 1 aliphatic rings. The Bertz CT molecular complexity index is 528. The summed E-state index contributed by atoms with van der Waals surface area (Å²) in [7, 11) is 0. The largest absolute Gasteiger partial charge is 0.450 e. The number of piperazine rings is 1. The first-order valence-electron chi connectivity index (χ1n) is 7.54. The number of aryl methyl sites for hydroxylation is 1. The molecule has 5 nitrogen and oxygen atoms in total. The van der Waals surface area contributed by atoms with E-state index in [1.807, 2.05) is 0 Å². The Balaban J connectivity index is 1.78. The molecule has 0 radical (unpaired) electrons. The average molecular weight is 308 g/mol. The summed E-state index contributed by atoms with van der Waals surface area (Å²) in [5.41, 5.74) is 0.556. The Morgan fingerprint density at radius 3 is 2.41 bits per heavy atom. The topological polar surface area (TPSA) is 49.9 Å². The number of benzene rings is 1. The van der Waals surface area contributed by atoms with Crippen LogP contribution in [0, 0.1) is 5.82 Å². The molecule has 0 spiro atoms. The Hall–Kier alpha value is -2.11. The third-order valence-electron chi connectivity index (χ3n) is 3.72. The molecular formula is C16H21FN2O3. The minimum absolute atomic E-state index is 0.00763. The second-order valence-electron chi connectivity index (χ2n) is 5.16. The van der Waals surface area contributed by atoms with Crippen molar-refractivity contribution in [1.29, 1.82) is 0 Å². The molecule has 0 bridgehead atoms. The standard InChI is InChI=1S/C16H21FN2O3/c1-2-22-16(21)19-11-9-18(10-12-19)15(20)8-7-13-5-3-4-6-14(13)17/h3-6H,2,7-12H2,1H3. The van der Waals surface area contributed by atoms with Gasteiger partial charge in [0.1, 0.15) is 5.82 Å². The molecule has 2 amide bonds. The molecule has 1 saturated heterocycles. The molecule has 6 heteroatoms. The van der Waals surface area contributed by atoms with Gasteiger partial charge in [0.2, 0.25) is 5.91 Å². The van der Waals surface area contributed by atoms with Gasteiger partial charge < -0.3 is 14.5 Å². The molecule has 0 saturated carbocycles. The lowest BCUT2D eigenvalue weighted by atomic mass is 10.1. The Morgan fingerprint density at radius 2 is 1.77 bits per heavy atom. The molecule has 1 fully saturated rings. The van der Waals surface area contributed by atoms with Crippen LogP contribution in [-0.4, -0.2) is 54.6 Å². The molecule has 1 aromatic rings. The molecule has 1 aromatic carbocycles. The van der Waals surface area contributed by atoms with Gasteiger partial charge in [-0.25, -0.2) is 9.18 Å². The molecule has 0 aromatic heterocycles. The molecule has 0 aliphatic carbocycles. The Morgan fingerprint density at radius 1 is 1.14 bits per heavy atom. The molecule has 1 aliphatic heterocycles. The summed E-state index contributed by atoms with van der Waals surface area (Å²) < 4.78 is 18.4. The number of amides is 2. The molecule has 0 atom stereocenters. The van der Waals surface area contributed by atoms with E-state index in [-0.39, 0.29) is 24.2 Å². The van der Waals surface area contributed by atoms with E-state index < -0.39 is 0 Å². The van der Waals surface area contributed by atoms with Crippen LogP contribution in [0.15, 0.2) is 24.3 Å². The number of hydrogen-bond acceptors (Lipinski definition) is 3. The zero-order chi connectivity index (χ0) is 15.9. The van der Waals surface area contributed by atoms with E-state index >= 15 is 0 Å². The quantitative estimate of drug-likeness (QED) is 0.855. The maximum absolute atomic E-state index is 13.5. The minimum Gasteiger partial charge on any atom is -0.450 e. The third-order valence-corrected chi connectivity index (χ3v) is 3.72. The molecule has 0 N–H and O–H groups in total. The van der Waals surface area contributed by atoms with E-state index in [0.717, 1.165) is 0 Å². The molecule has 1 heterocycles. The maximum Gasteiger partial charge on any atom is 0.409 e. The highest BCUT2D eigenvalue weighted by Gasteiger charge is 2.24. The summed E-state index contributed by atoms with van der Waals surface area (Å²) in [6.07, 6.45) is 0.338. The van der Waals surface area contributed by atoms with Gasteiger partial charge in [0.05, 0.1) is 6.61 Å². The molecule has 120 valence electrons. The van der Waals surface area contributed by atoms with Crippen molar-refractivity contribution in [3.05, 3.63) is 35.6 Å². The van der Waals surface area contributed by atoms with Crippen LogP contribution in [0.2, 0.25) is 0 Å². The lowest BCUT2D eigenvalue weighted by Gasteiger charge is -2.34. The van der Waals surface area contributed by atoms with Crippen molar-refractivity contribution in [2.75, 3.05) is 32.8 Å². The number of carbonyl (C=O) groups excluding carboxylic acids is 2. The van der Waals surface area contributed by atoms with Crippen molar-refractivity contribution in [2.24, 2.45) is 0 Å². The molecule has 22 heavy (non-hydrogen) atoms. The second-order valence-corrected chi connectivity index (χ2v) is 5.16. The van der Waals surface area contributed by atoms with Gasteiger partial charge in [0.25, 0.3) is 0 Å². The SMILES string of the molecule is CCOC(=O)N1CCN(C(=O)CCc2ccccc2F)CC1. The number of hydrogen-bond donors (Lipinski definition) is 0. The summed E-state index contributed by atoms with van der Waals surface area (Å²) in [6, 6.07) is 6.50. The fraction of sp³-hybridized carbons (Fsp3) is 0.500. The van der Waals surface area contributed by atoms with Crippen molar-refractivity contribution in [3.63, 3.8) is 0 Å². The van der Waals surface area contributed by atoms with Crippen molar-refractivity contribution < 1.29 is 18.7 Å². The van der Waals surface area contributed by atoms with E-state index in [4.69, 9.17) is 4.74 Å². The van der Waals surface area contributed by atoms with E-state index in [1.165, 1.54) is 6.07 Å². The summed E-state index contributed by atoms with van der Waals surface area (Å²) in [4.78, 5) is 27.1. The van der Waals surface area contributed by atoms with Gasteiger partial charge in [-0.05, 0) is 25.0 Å². The van der Waals surface area contributed by atoms with Gasteiger partial charge in [-0.1, -0.05) is 18.2 Å². The van der Waals surface area contributed by atoms with Gasteiger partial charge in [-0.2, -0.15) is 0 Å². The molecular weight excluding hydrogens is 287 g/mol. The highest BCUT2D eigenvalue weighted by molar-refractivity contribution is 5.77. The van der Waals surface area contributed by atoms with Crippen LogP contribution in [0.4, 0.5) is 9.18 Å². The monoisotopic (exact) mass is 308 g/mol. The lowest BCUT2D eigenvalue weighted by Crippen LogP contribution is -2.50. The highest BCUT2D eigenvalue weighted by Crippen LogP contribution is 2.11. The number of nitrogens with zero attached hydrogens (tertiary/aromatic N) is 2. The maximum atomic E-state index is 13.5. The predicted molar refractivity (Wildman–Crippen MR) is 79.9 cm³/mol. The average Bonchev–Trinajstić information content (AvgIpc) is 2.54. The van der Waals surface area contributed by atoms with E-state index in [1.54, 1.807) is 34.9 Å². The zero-order valence-corrected chi connectivity index (χ0v) is 12.8. The summed E-state index contributed by atoms with van der Waals surface area (Å²) in [5, 5.41) is 0. The van der Waals surface area contributed by atoms with Gasteiger partial charge in [0, 0.05) is 32.6 Å². The molecule has 0 unspecified atom stereocenters. The van der Waals surface area contributed by atoms with Crippen molar-refractivity contribution in [3.8, 4) is 0 Å². The van der Waals surface area contributed by atoms with Gasteiger partial charge >= 0.3 is 6.09 Å². The number of halogens is 1. The summed E-state index contributed by atoms with van der Waals surface area (Å²) in [5.74, 6) is -0.283. The first kappa shape index (κ1) is 16.3. The van der Waals surface area contributed by atoms with Crippen molar-refractivity contribution >= 4 is 12.0 Å². The van der Waals surface area contributed by atoms with Crippen LogP contribution in [0.1, 0.15) is 18.9 Å². The normalized spacial score (nSPS) is 14.8. The number of ether oxygens (including phenoxy) is 1. The van der Waals surface area contributed by atoms with Gasteiger partial charge in [-0.3, -0.25) is 4.79 Å². The third kappa shape index (κ3) is 4.19. The van der Waals surface area contributed by atoms with Crippen LogP contribution in [-0.2, 0) is 16.0 Å². The van der Waals surface area contributed by atoms with E-state index in [0.29, 0.717) is 44.8 Å². The molecule has 2 rings (SSSR count). The Labute approximate surface area is 129 Å². The van der Waals surface area contributed by atoms with Crippen LogP contribution in [0.3, 0.4) is 0 Å². The fourth-order valence-electron chi connectivity index (χ4n) is 2.45. The summed E-state index contributed by atoms with van der Waals surface area (Å²) >= 11 is 0. The van der Waals surface area contributed by atoms with Gasteiger partial charge in [-0.15, -0.1) is 0 Å². The van der Waals surface area contributed by atoms with Crippen LogP contribution in [0.25, 0.3) is 0 Å². The van der Waals surface area contributed by atoms with Crippen LogP contribution < -0.4 is 0 Å². The number of carbonyl (C=O) groups is 2. The minimum atomic E-state index is -0.332. The Kier molecular flexibility index (Phi) is 5.75. The highest BCUT2D eigenvalue weighted by atomic mass is 19.1. The van der Waals surface area contributed by atoms with Crippen LogP contribution >= 0.6 is 0 Å². The van der Waals surface area contributed by atoms with E-state index in [9.17, 15) is 14.0 Å². The van der Waals surface area contributed by atoms with Crippen molar-refractivity contribution in [1.82, 2.24) is 9.80 Å². The lowest BCUT2D eigenvalue weighted by molar-refractivity contribution is -0.132. The van der Waals surface area contributed by atoms with Gasteiger partial charge in [0.15, 0.2) is 0 Å². The van der Waals surface area contributed by atoms with Crippen molar-refractivity contribution in [2.45, 2.75) is 19.8 Å². The smallest absolute Gasteiger partial charge is 0.409 e.